The highest BCUT2D eigenvalue weighted by molar-refractivity contribution is 5.44. The first-order valence-corrected chi connectivity index (χ1v) is 6.85. The first kappa shape index (κ1) is 13.2. The highest BCUT2D eigenvalue weighted by atomic mass is 16.5. The number of rotatable bonds is 4. The summed E-state index contributed by atoms with van der Waals surface area (Å²) in [5, 5.41) is 13.4. The maximum absolute atomic E-state index is 10.0. The molecule has 0 aromatic heterocycles. The summed E-state index contributed by atoms with van der Waals surface area (Å²) in [7, 11) is 0. The minimum Gasteiger partial charge on any atom is -0.508 e. The van der Waals surface area contributed by atoms with Crippen molar-refractivity contribution < 1.29 is 9.84 Å². The molecule has 0 saturated carbocycles. The summed E-state index contributed by atoms with van der Waals surface area (Å²) in [6.07, 6.45) is 3.40. The molecule has 0 atom stereocenters. The normalized spacial score (nSPS) is 17.1. The van der Waals surface area contributed by atoms with Gasteiger partial charge in [-0.25, -0.2) is 0 Å². The van der Waals surface area contributed by atoms with E-state index in [-0.39, 0.29) is 6.10 Å². The van der Waals surface area contributed by atoms with Crippen LogP contribution in [-0.4, -0.2) is 24.3 Å². The molecule has 18 heavy (non-hydrogen) atoms. The Kier molecular flexibility index (Phi) is 4.48. The van der Waals surface area contributed by atoms with E-state index in [0.717, 1.165) is 30.8 Å². The van der Waals surface area contributed by atoms with Crippen LogP contribution in [0, 0.1) is 5.92 Å². The van der Waals surface area contributed by atoms with E-state index < -0.39 is 0 Å². The number of ether oxygens (including phenoxy) is 1. The van der Waals surface area contributed by atoms with Crippen LogP contribution in [0.2, 0.25) is 0 Å². The lowest BCUT2D eigenvalue weighted by Crippen LogP contribution is -2.28. The van der Waals surface area contributed by atoms with Crippen molar-refractivity contribution in [1.29, 1.82) is 0 Å². The number of phenolic OH excluding ortho intramolecular Hbond substituents is 1. The van der Waals surface area contributed by atoms with Crippen LogP contribution in [0.3, 0.4) is 0 Å². The molecule has 100 valence electrons. The van der Waals surface area contributed by atoms with E-state index in [0.29, 0.717) is 11.7 Å². The highest BCUT2D eigenvalue weighted by Crippen LogP contribution is 2.32. The number of benzene rings is 1. The van der Waals surface area contributed by atoms with Gasteiger partial charge >= 0.3 is 0 Å². The van der Waals surface area contributed by atoms with Gasteiger partial charge < -0.3 is 15.2 Å². The highest BCUT2D eigenvalue weighted by Gasteiger charge is 2.18. The number of aromatic hydroxyl groups is 1. The van der Waals surface area contributed by atoms with E-state index in [1.807, 2.05) is 26.0 Å². The summed E-state index contributed by atoms with van der Waals surface area (Å²) in [6.45, 7) is 6.19. The Hall–Kier alpha value is -1.22. The van der Waals surface area contributed by atoms with Crippen molar-refractivity contribution in [2.24, 2.45) is 5.92 Å². The zero-order chi connectivity index (χ0) is 13.0. The zero-order valence-corrected chi connectivity index (χ0v) is 11.3. The number of phenols is 1. The van der Waals surface area contributed by atoms with Crippen molar-refractivity contribution in [1.82, 2.24) is 5.32 Å². The van der Waals surface area contributed by atoms with Crippen molar-refractivity contribution in [3.05, 3.63) is 23.8 Å². The fraction of sp³-hybridized carbons (Fsp3) is 0.600. The monoisotopic (exact) mass is 249 g/mol. The number of nitrogens with one attached hydrogen (secondary N) is 1. The molecule has 0 radical (unpaired) electrons. The minimum absolute atomic E-state index is 0.138. The van der Waals surface area contributed by atoms with Crippen molar-refractivity contribution >= 4 is 0 Å². The van der Waals surface area contributed by atoms with Gasteiger partial charge in [-0.2, -0.15) is 0 Å². The first-order chi connectivity index (χ1) is 8.66. The lowest BCUT2D eigenvalue weighted by Gasteiger charge is -2.24. The van der Waals surface area contributed by atoms with Crippen LogP contribution in [-0.2, 0) is 6.42 Å². The average Bonchev–Trinajstić information content (AvgIpc) is 2.34. The number of hydrogen-bond donors (Lipinski definition) is 2. The molecule has 3 nitrogen and oxygen atoms in total. The van der Waals surface area contributed by atoms with Gasteiger partial charge in [-0.15, -0.1) is 0 Å². The van der Waals surface area contributed by atoms with Crippen LogP contribution < -0.4 is 10.1 Å². The third kappa shape index (κ3) is 3.39. The second-order valence-corrected chi connectivity index (χ2v) is 5.32. The van der Waals surface area contributed by atoms with Gasteiger partial charge in [-0.1, -0.05) is 6.07 Å². The van der Waals surface area contributed by atoms with Crippen molar-refractivity contribution in [3.8, 4) is 11.5 Å². The molecule has 1 saturated heterocycles. The molecule has 0 amide bonds. The Morgan fingerprint density at radius 3 is 2.72 bits per heavy atom. The molecule has 3 heteroatoms. The van der Waals surface area contributed by atoms with E-state index in [4.69, 9.17) is 4.74 Å². The Labute approximate surface area is 109 Å². The van der Waals surface area contributed by atoms with Crippen LogP contribution in [0.15, 0.2) is 18.2 Å². The maximum Gasteiger partial charge on any atom is 0.126 e. The van der Waals surface area contributed by atoms with Gasteiger partial charge in [0, 0.05) is 5.56 Å². The van der Waals surface area contributed by atoms with Gasteiger partial charge in [0.15, 0.2) is 0 Å². The standard InChI is InChI=1S/C15H23NO2/c1-11(2)18-15-5-3-4-14(17)13(15)10-12-6-8-16-9-7-12/h3-5,11-12,16-17H,6-10H2,1-2H3. The number of piperidine rings is 1. The lowest BCUT2D eigenvalue weighted by atomic mass is 9.90. The van der Waals surface area contributed by atoms with Crippen LogP contribution >= 0.6 is 0 Å². The van der Waals surface area contributed by atoms with Gasteiger partial charge in [-0.3, -0.25) is 0 Å². The fourth-order valence-electron chi connectivity index (χ4n) is 2.50. The van der Waals surface area contributed by atoms with Crippen LogP contribution in [0.1, 0.15) is 32.3 Å². The van der Waals surface area contributed by atoms with Gasteiger partial charge in [-0.05, 0) is 64.3 Å². The topological polar surface area (TPSA) is 41.5 Å². The number of hydrogen-bond acceptors (Lipinski definition) is 3. The molecule has 1 heterocycles. The van der Waals surface area contributed by atoms with Crippen molar-refractivity contribution in [2.45, 2.75) is 39.2 Å². The van der Waals surface area contributed by atoms with Gasteiger partial charge in [0.2, 0.25) is 0 Å². The predicted molar refractivity (Wildman–Crippen MR) is 73.2 cm³/mol. The van der Waals surface area contributed by atoms with Crippen molar-refractivity contribution in [3.63, 3.8) is 0 Å². The summed E-state index contributed by atoms with van der Waals surface area (Å²) in [4.78, 5) is 0. The Morgan fingerprint density at radius 1 is 1.33 bits per heavy atom. The minimum atomic E-state index is 0.138. The first-order valence-electron chi connectivity index (χ1n) is 6.85. The molecular weight excluding hydrogens is 226 g/mol. The molecule has 1 aliphatic rings. The molecule has 1 fully saturated rings. The van der Waals surface area contributed by atoms with E-state index in [9.17, 15) is 5.11 Å². The molecule has 1 aromatic rings. The lowest BCUT2D eigenvalue weighted by molar-refractivity contribution is 0.236. The largest absolute Gasteiger partial charge is 0.508 e. The average molecular weight is 249 g/mol. The van der Waals surface area contributed by atoms with Gasteiger partial charge in [0.25, 0.3) is 0 Å². The van der Waals surface area contributed by atoms with Crippen LogP contribution in [0.4, 0.5) is 0 Å². The van der Waals surface area contributed by atoms with E-state index in [1.165, 1.54) is 12.8 Å². The summed E-state index contributed by atoms with van der Waals surface area (Å²) < 4.78 is 5.79. The smallest absolute Gasteiger partial charge is 0.126 e. The molecule has 0 unspecified atom stereocenters. The van der Waals surface area contributed by atoms with Gasteiger partial charge in [0.1, 0.15) is 11.5 Å². The predicted octanol–water partition coefficient (Wildman–Crippen LogP) is 2.72. The molecule has 0 spiro atoms. The molecule has 2 rings (SSSR count). The Morgan fingerprint density at radius 2 is 2.06 bits per heavy atom. The van der Waals surface area contributed by atoms with E-state index in [1.54, 1.807) is 6.07 Å². The van der Waals surface area contributed by atoms with Crippen LogP contribution in [0.5, 0.6) is 11.5 Å². The third-order valence-corrected chi connectivity index (χ3v) is 3.42. The van der Waals surface area contributed by atoms with E-state index in [2.05, 4.69) is 5.32 Å². The molecule has 2 N–H and O–H groups in total. The fourth-order valence-corrected chi connectivity index (χ4v) is 2.50. The molecule has 1 aliphatic heterocycles. The molecule has 0 bridgehead atoms. The van der Waals surface area contributed by atoms with E-state index >= 15 is 0 Å². The third-order valence-electron chi connectivity index (χ3n) is 3.42. The SMILES string of the molecule is CC(C)Oc1cccc(O)c1CC1CCNCC1. The summed E-state index contributed by atoms with van der Waals surface area (Å²) in [5.74, 6) is 1.85. The Balaban J connectivity index is 2.13. The summed E-state index contributed by atoms with van der Waals surface area (Å²) in [6, 6.07) is 5.55. The summed E-state index contributed by atoms with van der Waals surface area (Å²) >= 11 is 0. The zero-order valence-electron chi connectivity index (χ0n) is 11.3. The second-order valence-electron chi connectivity index (χ2n) is 5.32. The summed E-state index contributed by atoms with van der Waals surface area (Å²) in [5.41, 5.74) is 0.970. The maximum atomic E-state index is 10.0. The van der Waals surface area contributed by atoms with Gasteiger partial charge in [0.05, 0.1) is 6.10 Å². The molecular formula is C15H23NO2. The quantitative estimate of drug-likeness (QED) is 0.862. The van der Waals surface area contributed by atoms with Crippen molar-refractivity contribution in [2.75, 3.05) is 13.1 Å². The molecule has 0 aliphatic carbocycles. The van der Waals surface area contributed by atoms with Crippen LogP contribution in [0.25, 0.3) is 0 Å². The molecule has 1 aromatic carbocycles. The second kappa shape index (κ2) is 6.10. The Bertz CT molecular complexity index is 384.